The minimum absolute atomic E-state index is 0. The van der Waals surface area contributed by atoms with Gasteiger partial charge in [-0.25, -0.2) is 9.37 Å². The van der Waals surface area contributed by atoms with Gasteiger partial charge in [0.2, 0.25) is 0 Å². The molecule has 2 heterocycles. The maximum Gasteiger partial charge on any atom is 0.270 e. The summed E-state index contributed by atoms with van der Waals surface area (Å²) in [6.07, 6.45) is 2.93. The van der Waals surface area contributed by atoms with E-state index in [0.717, 1.165) is 30.1 Å². The van der Waals surface area contributed by atoms with Crippen molar-refractivity contribution in [2.24, 2.45) is 5.92 Å². The molecule has 2 aromatic rings. The van der Waals surface area contributed by atoms with Crippen molar-refractivity contribution in [1.82, 2.24) is 15.6 Å². The van der Waals surface area contributed by atoms with Gasteiger partial charge in [0.1, 0.15) is 11.5 Å². The van der Waals surface area contributed by atoms with E-state index in [0.29, 0.717) is 24.6 Å². The summed E-state index contributed by atoms with van der Waals surface area (Å²) in [6.45, 7) is 2.73. The van der Waals surface area contributed by atoms with E-state index in [1.54, 1.807) is 17.5 Å². The molecule has 3 rings (SSSR count). The third-order valence-electron chi connectivity index (χ3n) is 4.00. The van der Waals surface area contributed by atoms with Crippen LogP contribution in [0.2, 0.25) is 0 Å². The van der Waals surface area contributed by atoms with Crippen LogP contribution in [0.3, 0.4) is 0 Å². The van der Waals surface area contributed by atoms with Crippen molar-refractivity contribution >= 4 is 42.1 Å². The number of hydrogen-bond acceptors (Lipinski definition) is 4. The molecule has 0 aliphatic carbocycles. The van der Waals surface area contributed by atoms with E-state index < -0.39 is 0 Å². The Hall–Kier alpha value is -1.21. The molecule has 1 fully saturated rings. The predicted molar refractivity (Wildman–Crippen MR) is 104 cm³/mol. The van der Waals surface area contributed by atoms with Crippen molar-refractivity contribution in [3.05, 3.63) is 51.7 Å². The normalized spacial score (nSPS) is 16.4. The van der Waals surface area contributed by atoms with Gasteiger partial charge in [0.25, 0.3) is 5.91 Å². The van der Waals surface area contributed by atoms with Gasteiger partial charge in [0.05, 0.1) is 5.01 Å². The topological polar surface area (TPSA) is 54.0 Å². The number of hydrogen-bond donors (Lipinski definition) is 2. The molecule has 1 aliphatic heterocycles. The Morgan fingerprint density at radius 2 is 2.08 bits per heavy atom. The van der Waals surface area contributed by atoms with Crippen LogP contribution < -0.4 is 10.6 Å². The third-order valence-corrected chi connectivity index (χ3v) is 4.85. The Balaban J connectivity index is 0.00000156. The van der Waals surface area contributed by atoms with Crippen LogP contribution in [-0.2, 0) is 6.42 Å². The van der Waals surface area contributed by atoms with E-state index in [-0.39, 0.29) is 36.5 Å². The molecule has 0 spiro atoms. The number of carbonyl (C=O) groups is 1. The highest BCUT2D eigenvalue weighted by molar-refractivity contribution is 7.09. The Morgan fingerprint density at radius 1 is 1.32 bits per heavy atom. The smallest absolute Gasteiger partial charge is 0.270 e. The molecule has 8 heteroatoms. The zero-order valence-electron chi connectivity index (χ0n) is 13.7. The Kier molecular flexibility index (Phi) is 9.35. The second-order valence-corrected chi connectivity index (χ2v) is 6.79. The number of thiazole rings is 1. The van der Waals surface area contributed by atoms with Gasteiger partial charge in [-0.05, 0) is 49.5 Å². The summed E-state index contributed by atoms with van der Waals surface area (Å²) >= 11 is 1.46. The first-order valence-electron chi connectivity index (χ1n) is 7.88. The molecule has 1 atom stereocenters. The molecule has 1 amide bonds. The summed E-state index contributed by atoms with van der Waals surface area (Å²) in [4.78, 5) is 16.5. The number of carbonyl (C=O) groups excluding carboxylic acids is 1. The second kappa shape index (κ2) is 10.7. The quantitative estimate of drug-likeness (QED) is 0.800. The van der Waals surface area contributed by atoms with Gasteiger partial charge in [0.15, 0.2) is 0 Å². The van der Waals surface area contributed by atoms with Gasteiger partial charge >= 0.3 is 0 Å². The molecule has 138 valence electrons. The maximum absolute atomic E-state index is 12.9. The molecule has 0 saturated carbocycles. The van der Waals surface area contributed by atoms with Crippen molar-refractivity contribution in [3.8, 4) is 0 Å². The van der Waals surface area contributed by atoms with Crippen LogP contribution in [0, 0.1) is 11.7 Å². The number of nitrogens with zero attached hydrogens (tertiary/aromatic N) is 1. The lowest BCUT2D eigenvalue weighted by molar-refractivity contribution is 0.0940. The van der Waals surface area contributed by atoms with Gasteiger partial charge in [-0.3, -0.25) is 4.79 Å². The molecule has 25 heavy (non-hydrogen) atoms. The molecule has 1 saturated heterocycles. The Morgan fingerprint density at radius 3 is 2.76 bits per heavy atom. The lowest BCUT2D eigenvalue weighted by Gasteiger charge is -2.22. The number of aromatic nitrogens is 1. The summed E-state index contributed by atoms with van der Waals surface area (Å²) in [7, 11) is 0. The first-order chi connectivity index (χ1) is 11.2. The fourth-order valence-electron chi connectivity index (χ4n) is 2.70. The molecule has 1 aromatic carbocycles. The number of rotatable bonds is 5. The Labute approximate surface area is 163 Å². The molecule has 1 aromatic heterocycles. The number of amides is 1. The molecular formula is C17H22Cl2FN3OS. The highest BCUT2D eigenvalue weighted by atomic mass is 35.5. The largest absolute Gasteiger partial charge is 0.350 e. The molecule has 4 nitrogen and oxygen atoms in total. The highest BCUT2D eigenvalue weighted by Crippen LogP contribution is 2.16. The van der Waals surface area contributed by atoms with Crippen LogP contribution in [0.25, 0.3) is 0 Å². The minimum Gasteiger partial charge on any atom is -0.350 e. The lowest BCUT2D eigenvalue weighted by Crippen LogP contribution is -2.38. The van der Waals surface area contributed by atoms with Crippen molar-refractivity contribution < 1.29 is 9.18 Å². The van der Waals surface area contributed by atoms with Crippen LogP contribution in [-0.4, -0.2) is 30.5 Å². The zero-order chi connectivity index (χ0) is 16.1. The van der Waals surface area contributed by atoms with Crippen molar-refractivity contribution in [2.45, 2.75) is 19.3 Å². The van der Waals surface area contributed by atoms with E-state index in [1.807, 2.05) is 0 Å². The number of halogens is 3. The SMILES string of the molecule is Cl.Cl.O=C(NCC1CCCNC1)c1csc(Cc2ccc(F)cc2)n1. The average molecular weight is 406 g/mol. The molecule has 2 N–H and O–H groups in total. The highest BCUT2D eigenvalue weighted by Gasteiger charge is 2.16. The third kappa shape index (κ3) is 6.55. The first-order valence-corrected chi connectivity index (χ1v) is 8.76. The van der Waals surface area contributed by atoms with Crippen molar-refractivity contribution in [2.75, 3.05) is 19.6 Å². The van der Waals surface area contributed by atoms with E-state index in [9.17, 15) is 9.18 Å². The van der Waals surface area contributed by atoms with Crippen LogP contribution >= 0.6 is 36.2 Å². The van der Waals surface area contributed by atoms with Gasteiger partial charge in [0, 0.05) is 18.3 Å². The number of piperidine rings is 1. The monoisotopic (exact) mass is 405 g/mol. The van der Waals surface area contributed by atoms with E-state index >= 15 is 0 Å². The van der Waals surface area contributed by atoms with E-state index in [2.05, 4.69) is 15.6 Å². The zero-order valence-corrected chi connectivity index (χ0v) is 16.1. The van der Waals surface area contributed by atoms with Crippen LogP contribution in [0.1, 0.15) is 33.9 Å². The summed E-state index contributed by atoms with van der Waals surface area (Å²) < 4.78 is 12.9. The van der Waals surface area contributed by atoms with Crippen LogP contribution in [0.4, 0.5) is 4.39 Å². The predicted octanol–water partition coefficient (Wildman–Crippen LogP) is 3.45. The summed E-state index contributed by atoms with van der Waals surface area (Å²) in [5, 5.41) is 8.96. The summed E-state index contributed by atoms with van der Waals surface area (Å²) in [5.74, 6) is 0.146. The maximum atomic E-state index is 12.9. The molecule has 0 bridgehead atoms. The van der Waals surface area contributed by atoms with Crippen molar-refractivity contribution in [3.63, 3.8) is 0 Å². The number of benzene rings is 1. The number of nitrogens with one attached hydrogen (secondary N) is 2. The molecule has 0 radical (unpaired) electrons. The molecule has 1 aliphatic rings. The second-order valence-electron chi connectivity index (χ2n) is 5.85. The lowest BCUT2D eigenvalue weighted by atomic mass is 10.00. The molecular weight excluding hydrogens is 384 g/mol. The van der Waals surface area contributed by atoms with Gasteiger partial charge in [-0.15, -0.1) is 36.2 Å². The van der Waals surface area contributed by atoms with E-state index in [4.69, 9.17) is 0 Å². The standard InChI is InChI=1S/C17H20FN3OS.2ClH/c18-14-5-3-12(4-6-14)8-16-21-15(11-23-16)17(22)20-10-13-2-1-7-19-9-13;;/h3-6,11,13,19H,1-2,7-10H2,(H,20,22);2*1H. The van der Waals surface area contributed by atoms with Crippen LogP contribution in [0.5, 0.6) is 0 Å². The first kappa shape index (κ1) is 21.8. The van der Waals surface area contributed by atoms with Crippen molar-refractivity contribution in [1.29, 1.82) is 0 Å². The molecule has 1 unspecified atom stereocenters. The summed E-state index contributed by atoms with van der Waals surface area (Å²) in [5.41, 5.74) is 1.46. The van der Waals surface area contributed by atoms with Gasteiger partial charge < -0.3 is 10.6 Å². The fourth-order valence-corrected chi connectivity index (χ4v) is 3.51. The van der Waals surface area contributed by atoms with Gasteiger partial charge in [-0.2, -0.15) is 0 Å². The van der Waals surface area contributed by atoms with Crippen LogP contribution in [0.15, 0.2) is 29.6 Å². The average Bonchev–Trinajstić information content (AvgIpc) is 3.04. The minimum atomic E-state index is -0.245. The van der Waals surface area contributed by atoms with Gasteiger partial charge in [-0.1, -0.05) is 12.1 Å². The fraction of sp³-hybridized carbons (Fsp3) is 0.412. The summed E-state index contributed by atoms with van der Waals surface area (Å²) in [6, 6.07) is 6.36. The Bertz CT molecular complexity index is 660. The van der Waals surface area contributed by atoms with E-state index in [1.165, 1.54) is 29.9 Å².